The largest absolute Gasteiger partial charge is 0.310 e. The summed E-state index contributed by atoms with van der Waals surface area (Å²) in [6, 6.07) is 73.5. The smallest absolute Gasteiger partial charge is 0.0468 e. The minimum Gasteiger partial charge on any atom is -0.310 e. The van der Waals surface area contributed by atoms with Crippen molar-refractivity contribution in [1.29, 1.82) is 0 Å². The highest BCUT2D eigenvalue weighted by atomic mass is 32.1. The van der Waals surface area contributed by atoms with Gasteiger partial charge in [0, 0.05) is 37.2 Å². The summed E-state index contributed by atoms with van der Waals surface area (Å²) < 4.78 is 2.62. The molecule has 0 saturated heterocycles. The summed E-state index contributed by atoms with van der Waals surface area (Å²) in [5.74, 6) is 0. The number of rotatable bonds is 5. The maximum absolute atomic E-state index is 2.39. The van der Waals surface area contributed by atoms with E-state index in [0.29, 0.717) is 0 Å². The second kappa shape index (κ2) is 12.4. The maximum atomic E-state index is 2.39. The zero-order valence-electron chi connectivity index (χ0n) is 29.4. The monoisotopic (exact) mass is 703 g/mol. The van der Waals surface area contributed by atoms with Crippen molar-refractivity contribution in [2.45, 2.75) is 0 Å². The number of nitrogens with zero attached hydrogens (tertiary/aromatic N) is 1. The molecule has 0 saturated carbocycles. The third-order valence-electron chi connectivity index (χ3n) is 11.0. The predicted octanol–water partition coefficient (Wildman–Crippen LogP) is 15.5. The highest BCUT2D eigenvalue weighted by Crippen LogP contribution is 2.42. The van der Waals surface area contributed by atoms with Crippen molar-refractivity contribution in [3.05, 3.63) is 200 Å². The summed E-state index contributed by atoms with van der Waals surface area (Å²) >= 11 is 1.86. The van der Waals surface area contributed by atoms with E-state index in [9.17, 15) is 0 Å². The van der Waals surface area contributed by atoms with Crippen LogP contribution < -0.4 is 4.90 Å². The van der Waals surface area contributed by atoms with Crippen molar-refractivity contribution in [3.8, 4) is 22.3 Å². The highest BCUT2D eigenvalue weighted by molar-refractivity contribution is 7.25. The van der Waals surface area contributed by atoms with Crippen molar-refractivity contribution >= 4 is 91.7 Å². The molecule has 0 radical (unpaired) electrons. The summed E-state index contributed by atoms with van der Waals surface area (Å²) in [6.45, 7) is 0. The number of anilines is 3. The maximum Gasteiger partial charge on any atom is 0.0468 e. The number of benzene rings is 10. The summed E-state index contributed by atoms with van der Waals surface area (Å²) in [5, 5.41) is 12.8. The van der Waals surface area contributed by atoms with Gasteiger partial charge >= 0.3 is 0 Å². The van der Waals surface area contributed by atoms with Gasteiger partial charge in [-0.2, -0.15) is 0 Å². The van der Waals surface area contributed by atoms with Crippen LogP contribution in [0.5, 0.6) is 0 Å². The molecule has 1 heterocycles. The first-order chi connectivity index (χ1) is 26.7. The Bertz CT molecular complexity index is 3200. The normalized spacial score (nSPS) is 11.7. The van der Waals surface area contributed by atoms with Gasteiger partial charge < -0.3 is 4.90 Å². The predicted molar refractivity (Wildman–Crippen MR) is 235 cm³/mol. The molecule has 10 aromatic carbocycles. The first kappa shape index (κ1) is 30.8. The molecule has 0 unspecified atom stereocenters. The Hall–Kier alpha value is -6.74. The lowest BCUT2D eigenvalue weighted by atomic mass is 9.95. The van der Waals surface area contributed by atoms with Gasteiger partial charge in [0.25, 0.3) is 0 Å². The van der Waals surface area contributed by atoms with Crippen molar-refractivity contribution in [2.24, 2.45) is 0 Å². The van der Waals surface area contributed by atoms with Gasteiger partial charge in [-0.3, -0.25) is 0 Å². The Morgan fingerprint density at radius 1 is 0.278 bits per heavy atom. The molecule has 0 aliphatic heterocycles. The molecule has 0 fully saturated rings. The minimum absolute atomic E-state index is 1.12. The molecule has 0 aliphatic rings. The molecule has 2 heteroatoms. The number of fused-ring (bicyclic) bond motifs is 9. The molecule has 0 bridgehead atoms. The van der Waals surface area contributed by atoms with Gasteiger partial charge in [-0.05, 0) is 120 Å². The molecule has 0 spiro atoms. The second-order valence-corrected chi connectivity index (χ2v) is 15.2. The quantitative estimate of drug-likeness (QED) is 0.161. The number of thiophene rings is 1. The molecule has 0 N–H and O–H groups in total. The van der Waals surface area contributed by atoms with E-state index in [0.717, 1.165) is 17.1 Å². The van der Waals surface area contributed by atoms with Gasteiger partial charge in [0.15, 0.2) is 0 Å². The van der Waals surface area contributed by atoms with E-state index in [4.69, 9.17) is 0 Å². The topological polar surface area (TPSA) is 3.24 Å². The fourth-order valence-electron chi connectivity index (χ4n) is 8.38. The zero-order chi connectivity index (χ0) is 35.6. The fourth-order valence-corrected chi connectivity index (χ4v) is 9.47. The van der Waals surface area contributed by atoms with E-state index in [1.807, 2.05) is 11.3 Å². The molecule has 0 aliphatic carbocycles. The van der Waals surface area contributed by atoms with Crippen molar-refractivity contribution in [2.75, 3.05) is 4.90 Å². The lowest BCUT2D eigenvalue weighted by Gasteiger charge is -2.26. The SMILES string of the molecule is c1ccc2c(-c3ccc(N(c4ccc(-c5ccc6c(ccc7c8ccccc8ccc67)c5)cc4)c4ccc5sc6ccccc6c5c4)cc3)cccc2c1. The van der Waals surface area contributed by atoms with E-state index < -0.39 is 0 Å². The van der Waals surface area contributed by atoms with Crippen LogP contribution in [0.3, 0.4) is 0 Å². The molecule has 1 aromatic heterocycles. The van der Waals surface area contributed by atoms with Crippen molar-refractivity contribution < 1.29 is 0 Å². The van der Waals surface area contributed by atoms with E-state index in [-0.39, 0.29) is 0 Å². The van der Waals surface area contributed by atoms with Gasteiger partial charge in [0.1, 0.15) is 0 Å². The summed E-state index contributed by atoms with van der Waals surface area (Å²) in [5.41, 5.74) is 8.25. The van der Waals surface area contributed by atoms with Crippen molar-refractivity contribution in [3.63, 3.8) is 0 Å². The Labute approximate surface area is 317 Å². The second-order valence-electron chi connectivity index (χ2n) is 14.1. The summed E-state index contributed by atoms with van der Waals surface area (Å²) in [4.78, 5) is 2.39. The molecular formula is C52H33NS. The third-order valence-corrected chi connectivity index (χ3v) is 12.2. The van der Waals surface area contributed by atoms with Crippen LogP contribution in [0.2, 0.25) is 0 Å². The molecular weight excluding hydrogens is 671 g/mol. The average molecular weight is 704 g/mol. The van der Waals surface area contributed by atoms with Gasteiger partial charge in [-0.25, -0.2) is 0 Å². The Morgan fingerprint density at radius 3 is 1.59 bits per heavy atom. The number of hydrogen-bond acceptors (Lipinski definition) is 2. The lowest BCUT2D eigenvalue weighted by molar-refractivity contribution is 1.29. The van der Waals surface area contributed by atoms with E-state index in [1.165, 1.54) is 85.5 Å². The van der Waals surface area contributed by atoms with Crippen LogP contribution in [0.1, 0.15) is 0 Å². The van der Waals surface area contributed by atoms with Crippen LogP contribution in [-0.2, 0) is 0 Å². The highest BCUT2D eigenvalue weighted by Gasteiger charge is 2.16. The van der Waals surface area contributed by atoms with Gasteiger partial charge in [-0.1, -0.05) is 146 Å². The average Bonchev–Trinajstić information content (AvgIpc) is 3.62. The Balaban J connectivity index is 1.00. The molecule has 252 valence electrons. The molecule has 0 amide bonds. The van der Waals surface area contributed by atoms with Gasteiger partial charge in [-0.15, -0.1) is 11.3 Å². The summed E-state index contributed by atoms with van der Waals surface area (Å²) in [6.07, 6.45) is 0. The van der Waals surface area contributed by atoms with Crippen molar-refractivity contribution in [1.82, 2.24) is 0 Å². The number of hydrogen-bond donors (Lipinski definition) is 0. The zero-order valence-corrected chi connectivity index (χ0v) is 30.2. The van der Waals surface area contributed by atoms with Crippen LogP contribution >= 0.6 is 11.3 Å². The molecule has 1 nitrogen and oxygen atoms in total. The van der Waals surface area contributed by atoms with Crippen LogP contribution in [0.4, 0.5) is 17.1 Å². The standard InChI is InChI=1S/C52H33NS/c1-3-11-43-35(8-1)10-7-14-44(43)37-18-25-41(26-19-37)53(42-27-31-52-50(33-42)49-13-5-6-15-51(49)54-52)40-23-16-34(17-24-40)38-21-28-46-39(32-38)22-30-47-45-12-4-2-9-36(45)20-29-48(46)47/h1-33H. The molecule has 54 heavy (non-hydrogen) atoms. The van der Waals surface area contributed by atoms with Crippen LogP contribution in [0.25, 0.3) is 85.5 Å². The molecule has 11 aromatic rings. The minimum atomic E-state index is 1.12. The molecule has 11 rings (SSSR count). The Kier molecular flexibility index (Phi) is 7.11. The fraction of sp³-hybridized carbons (Fsp3) is 0. The lowest BCUT2D eigenvalue weighted by Crippen LogP contribution is -2.09. The van der Waals surface area contributed by atoms with Gasteiger partial charge in [0.2, 0.25) is 0 Å². The van der Waals surface area contributed by atoms with E-state index in [1.54, 1.807) is 0 Å². The first-order valence-corrected chi connectivity index (χ1v) is 19.3. The third kappa shape index (κ3) is 5.07. The van der Waals surface area contributed by atoms with E-state index >= 15 is 0 Å². The Morgan fingerprint density at radius 2 is 0.815 bits per heavy atom. The van der Waals surface area contributed by atoms with Crippen LogP contribution in [0.15, 0.2) is 200 Å². The van der Waals surface area contributed by atoms with Crippen LogP contribution in [0, 0.1) is 0 Å². The van der Waals surface area contributed by atoms with Gasteiger partial charge in [0.05, 0.1) is 0 Å². The van der Waals surface area contributed by atoms with E-state index in [2.05, 4.69) is 205 Å². The molecule has 0 atom stereocenters. The van der Waals surface area contributed by atoms with Crippen LogP contribution in [-0.4, -0.2) is 0 Å². The first-order valence-electron chi connectivity index (χ1n) is 18.5. The summed E-state index contributed by atoms with van der Waals surface area (Å²) in [7, 11) is 0.